The first-order valence-electron chi connectivity index (χ1n) is 5.68. The Labute approximate surface area is 80.8 Å². The summed E-state index contributed by atoms with van der Waals surface area (Å²) in [6, 6.07) is 0. The van der Waals surface area contributed by atoms with Gasteiger partial charge in [-0.05, 0) is 56.4 Å². The summed E-state index contributed by atoms with van der Waals surface area (Å²) in [5.74, 6) is 2.74. The Hall–Kier alpha value is -0.0800. The average molecular weight is 183 g/mol. The molecule has 0 radical (unpaired) electrons. The van der Waals surface area contributed by atoms with Crippen LogP contribution in [0.1, 0.15) is 32.1 Å². The van der Waals surface area contributed by atoms with Gasteiger partial charge in [0.15, 0.2) is 0 Å². The first kappa shape index (κ1) is 9.47. The molecule has 2 heteroatoms. The van der Waals surface area contributed by atoms with Crippen LogP contribution in [0.2, 0.25) is 0 Å². The van der Waals surface area contributed by atoms with Crippen molar-refractivity contribution in [3.05, 3.63) is 0 Å². The first-order valence-corrected chi connectivity index (χ1v) is 5.68. The van der Waals surface area contributed by atoms with E-state index in [1.165, 1.54) is 32.1 Å². The number of hydrogen-bond donors (Lipinski definition) is 1. The van der Waals surface area contributed by atoms with E-state index in [2.05, 4.69) is 0 Å². The van der Waals surface area contributed by atoms with Crippen molar-refractivity contribution in [2.75, 3.05) is 19.8 Å². The molecule has 0 aromatic heterocycles. The van der Waals surface area contributed by atoms with Crippen LogP contribution in [-0.2, 0) is 4.74 Å². The van der Waals surface area contributed by atoms with Gasteiger partial charge in [-0.25, -0.2) is 0 Å². The molecule has 0 spiro atoms. The van der Waals surface area contributed by atoms with Gasteiger partial charge in [0.2, 0.25) is 0 Å². The predicted octanol–water partition coefficient (Wildman–Crippen LogP) is 1.79. The van der Waals surface area contributed by atoms with Crippen LogP contribution in [0.4, 0.5) is 0 Å². The molecule has 0 aromatic rings. The zero-order valence-electron chi connectivity index (χ0n) is 8.37. The van der Waals surface area contributed by atoms with Gasteiger partial charge in [-0.15, -0.1) is 0 Å². The Morgan fingerprint density at radius 3 is 2.23 bits per heavy atom. The van der Waals surface area contributed by atoms with Gasteiger partial charge >= 0.3 is 0 Å². The normalized spacial score (nSPS) is 35.8. The molecule has 13 heavy (non-hydrogen) atoms. The topological polar surface area (TPSA) is 35.2 Å². The Morgan fingerprint density at radius 2 is 1.69 bits per heavy atom. The predicted molar refractivity (Wildman–Crippen MR) is 53.4 cm³/mol. The molecule has 1 heterocycles. The molecule has 2 nitrogen and oxygen atoms in total. The maximum Gasteiger partial charge on any atom is 0.0468 e. The van der Waals surface area contributed by atoms with Crippen molar-refractivity contribution in [3.8, 4) is 0 Å². The largest absolute Gasteiger partial charge is 0.381 e. The molecule has 1 aliphatic carbocycles. The van der Waals surface area contributed by atoms with Gasteiger partial charge in [-0.2, -0.15) is 0 Å². The lowest BCUT2D eigenvalue weighted by molar-refractivity contribution is 0.0430. The molecule has 2 aliphatic rings. The third-order valence-electron chi connectivity index (χ3n) is 3.85. The fourth-order valence-corrected chi connectivity index (χ4v) is 2.67. The Balaban J connectivity index is 1.70. The van der Waals surface area contributed by atoms with Crippen molar-refractivity contribution in [1.82, 2.24) is 0 Å². The molecule has 2 atom stereocenters. The van der Waals surface area contributed by atoms with Gasteiger partial charge in [0.25, 0.3) is 0 Å². The summed E-state index contributed by atoms with van der Waals surface area (Å²) >= 11 is 0. The van der Waals surface area contributed by atoms with Crippen LogP contribution in [0, 0.1) is 17.8 Å². The summed E-state index contributed by atoms with van der Waals surface area (Å²) in [6.07, 6.45) is 6.80. The van der Waals surface area contributed by atoms with Gasteiger partial charge in [0.05, 0.1) is 0 Å². The Morgan fingerprint density at radius 1 is 1.00 bits per heavy atom. The zero-order valence-corrected chi connectivity index (χ0v) is 8.37. The van der Waals surface area contributed by atoms with Crippen LogP contribution in [0.25, 0.3) is 0 Å². The highest BCUT2D eigenvalue weighted by Gasteiger charge is 2.31. The van der Waals surface area contributed by atoms with E-state index in [0.29, 0.717) is 0 Å². The summed E-state index contributed by atoms with van der Waals surface area (Å²) in [6.45, 7) is 2.89. The van der Waals surface area contributed by atoms with E-state index in [1.54, 1.807) is 0 Å². The van der Waals surface area contributed by atoms with E-state index in [9.17, 15) is 0 Å². The highest BCUT2D eigenvalue weighted by atomic mass is 16.5. The summed E-state index contributed by atoms with van der Waals surface area (Å²) in [4.78, 5) is 0. The standard InChI is InChI=1S/C11H21NO/c12-8-11-2-1-10(11)7-9-3-5-13-6-4-9/h9-11H,1-8,12H2. The van der Waals surface area contributed by atoms with Gasteiger partial charge in [0, 0.05) is 13.2 Å². The molecule has 76 valence electrons. The molecule has 2 unspecified atom stereocenters. The van der Waals surface area contributed by atoms with E-state index < -0.39 is 0 Å². The minimum absolute atomic E-state index is 0.850. The van der Waals surface area contributed by atoms with Crippen molar-refractivity contribution in [2.45, 2.75) is 32.1 Å². The van der Waals surface area contributed by atoms with Crippen LogP contribution >= 0.6 is 0 Å². The van der Waals surface area contributed by atoms with Crippen LogP contribution in [-0.4, -0.2) is 19.8 Å². The zero-order chi connectivity index (χ0) is 9.10. The second kappa shape index (κ2) is 4.43. The summed E-state index contributed by atoms with van der Waals surface area (Å²) in [7, 11) is 0. The fraction of sp³-hybridized carbons (Fsp3) is 1.00. The molecule has 1 aliphatic heterocycles. The highest BCUT2D eigenvalue weighted by molar-refractivity contribution is 4.83. The lowest BCUT2D eigenvalue weighted by atomic mass is 9.69. The van der Waals surface area contributed by atoms with Gasteiger partial charge < -0.3 is 10.5 Å². The van der Waals surface area contributed by atoms with Crippen LogP contribution in [0.3, 0.4) is 0 Å². The SMILES string of the molecule is NCC1CCC1CC1CCOCC1. The molecule has 2 fully saturated rings. The van der Waals surface area contributed by atoms with Crippen LogP contribution < -0.4 is 5.73 Å². The van der Waals surface area contributed by atoms with Crippen LogP contribution in [0.5, 0.6) is 0 Å². The third kappa shape index (κ3) is 2.23. The third-order valence-corrected chi connectivity index (χ3v) is 3.85. The van der Waals surface area contributed by atoms with Gasteiger partial charge in [-0.3, -0.25) is 0 Å². The maximum absolute atomic E-state index is 5.70. The second-order valence-corrected chi connectivity index (χ2v) is 4.62. The molecule has 1 saturated heterocycles. The average Bonchev–Trinajstić information content (AvgIpc) is 2.15. The van der Waals surface area contributed by atoms with E-state index in [0.717, 1.165) is 37.5 Å². The number of rotatable bonds is 3. The maximum atomic E-state index is 5.70. The molecule has 2 N–H and O–H groups in total. The monoisotopic (exact) mass is 183 g/mol. The molecule has 1 saturated carbocycles. The number of ether oxygens (including phenoxy) is 1. The van der Waals surface area contributed by atoms with Gasteiger partial charge in [0.1, 0.15) is 0 Å². The summed E-state index contributed by atoms with van der Waals surface area (Å²) in [5, 5.41) is 0. The quantitative estimate of drug-likeness (QED) is 0.724. The van der Waals surface area contributed by atoms with E-state index >= 15 is 0 Å². The van der Waals surface area contributed by atoms with Crippen molar-refractivity contribution >= 4 is 0 Å². The minimum Gasteiger partial charge on any atom is -0.381 e. The highest BCUT2D eigenvalue weighted by Crippen LogP contribution is 2.39. The van der Waals surface area contributed by atoms with Gasteiger partial charge in [-0.1, -0.05) is 0 Å². The Kier molecular flexibility index (Phi) is 3.23. The van der Waals surface area contributed by atoms with Crippen molar-refractivity contribution in [2.24, 2.45) is 23.5 Å². The lowest BCUT2D eigenvalue weighted by Gasteiger charge is -2.39. The molecule has 0 bridgehead atoms. The van der Waals surface area contributed by atoms with E-state index in [-0.39, 0.29) is 0 Å². The molecule has 0 aromatic carbocycles. The summed E-state index contributed by atoms with van der Waals surface area (Å²) < 4.78 is 5.36. The Bertz CT molecular complexity index is 152. The minimum atomic E-state index is 0.850. The molecule has 0 amide bonds. The number of hydrogen-bond acceptors (Lipinski definition) is 2. The smallest absolute Gasteiger partial charge is 0.0468 e. The van der Waals surface area contributed by atoms with E-state index in [1.807, 2.05) is 0 Å². The lowest BCUT2D eigenvalue weighted by Crippen LogP contribution is -2.34. The number of nitrogens with two attached hydrogens (primary N) is 1. The summed E-state index contributed by atoms with van der Waals surface area (Å²) in [5.41, 5.74) is 5.70. The second-order valence-electron chi connectivity index (χ2n) is 4.62. The van der Waals surface area contributed by atoms with Crippen LogP contribution in [0.15, 0.2) is 0 Å². The van der Waals surface area contributed by atoms with Crippen molar-refractivity contribution in [3.63, 3.8) is 0 Å². The molecule has 2 rings (SSSR count). The van der Waals surface area contributed by atoms with Crippen molar-refractivity contribution in [1.29, 1.82) is 0 Å². The fourth-order valence-electron chi connectivity index (χ4n) is 2.67. The van der Waals surface area contributed by atoms with Crippen molar-refractivity contribution < 1.29 is 4.74 Å². The molecular weight excluding hydrogens is 162 g/mol. The van der Waals surface area contributed by atoms with E-state index in [4.69, 9.17) is 10.5 Å². The molecular formula is C11H21NO. The first-order chi connectivity index (χ1) is 6.40.